The molecule has 1 saturated heterocycles. The van der Waals surface area contributed by atoms with Crippen molar-refractivity contribution in [3.63, 3.8) is 0 Å². The summed E-state index contributed by atoms with van der Waals surface area (Å²) in [6, 6.07) is 22.3. The number of ether oxygens (including phenoxy) is 1. The van der Waals surface area contributed by atoms with Gasteiger partial charge >= 0.3 is 0 Å². The minimum Gasteiger partial charge on any atom is -0.489 e. The summed E-state index contributed by atoms with van der Waals surface area (Å²) >= 11 is 6.90. The molecule has 3 aromatic rings. The Morgan fingerprint density at radius 2 is 1.77 bits per heavy atom. The molecule has 0 saturated carbocycles. The van der Waals surface area contributed by atoms with Crippen LogP contribution in [0.3, 0.4) is 0 Å². The first-order valence-electron chi connectivity index (χ1n) is 9.31. The summed E-state index contributed by atoms with van der Waals surface area (Å²) < 4.78 is 5.83. The van der Waals surface area contributed by atoms with Crippen molar-refractivity contribution < 1.29 is 14.3 Å². The molecule has 0 atom stereocenters. The highest BCUT2D eigenvalue weighted by Crippen LogP contribution is 2.36. The third kappa shape index (κ3) is 4.58. The molecule has 150 valence electrons. The molecular weight excluding hydrogens is 418 g/mol. The second-order valence-electron chi connectivity index (χ2n) is 6.84. The largest absolute Gasteiger partial charge is 0.489 e. The highest BCUT2D eigenvalue weighted by atomic mass is 35.5. The minimum atomic E-state index is -0.355. The van der Waals surface area contributed by atoms with Crippen LogP contribution in [0.15, 0.2) is 77.7 Å². The van der Waals surface area contributed by atoms with Gasteiger partial charge in [0.15, 0.2) is 0 Å². The standard InChI is InChI=1S/C24H18ClNO3S/c1-16-4-2-5-18(12-16)15-29-21-10-8-17(9-11-21)13-22-23(27)26(24(28)30-22)20-7-3-6-19(25)14-20/h2-14H,15H2,1H3/b22-13+. The van der Waals surface area contributed by atoms with Gasteiger partial charge in [-0.05, 0) is 66.2 Å². The first-order chi connectivity index (χ1) is 14.5. The number of rotatable bonds is 5. The molecule has 4 nitrogen and oxygen atoms in total. The summed E-state index contributed by atoms with van der Waals surface area (Å²) in [6.07, 6.45) is 1.71. The Hall–Kier alpha value is -3.02. The van der Waals surface area contributed by atoms with Crippen LogP contribution in [-0.4, -0.2) is 11.1 Å². The molecule has 0 N–H and O–H groups in total. The fourth-order valence-corrected chi connectivity index (χ4v) is 4.11. The number of thioether (sulfide) groups is 1. The van der Waals surface area contributed by atoms with E-state index in [-0.39, 0.29) is 11.1 Å². The van der Waals surface area contributed by atoms with Crippen molar-refractivity contribution in [3.8, 4) is 5.75 Å². The highest BCUT2D eigenvalue weighted by molar-refractivity contribution is 8.19. The van der Waals surface area contributed by atoms with Crippen molar-refractivity contribution in [2.24, 2.45) is 0 Å². The molecule has 0 unspecified atom stereocenters. The third-order valence-electron chi connectivity index (χ3n) is 4.53. The molecular formula is C24H18ClNO3S. The number of aryl methyl sites for hydroxylation is 1. The summed E-state index contributed by atoms with van der Waals surface area (Å²) in [6.45, 7) is 2.53. The molecule has 1 heterocycles. The van der Waals surface area contributed by atoms with Gasteiger partial charge in [0.2, 0.25) is 0 Å². The Labute approximate surface area is 184 Å². The lowest BCUT2D eigenvalue weighted by atomic mass is 10.1. The van der Waals surface area contributed by atoms with Crippen LogP contribution < -0.4 is 9.64 Å². The predicted molar refractivity (Wildman–Crippen MR) is 122 cm³/mol. The number of imide groups is 1. The van der Waals surface area contributed by atoms with Crippen molar-refractivity contribution in [2.75, 3.05) is 4.90 Å². The second kappa shape index (κ2) is 8.78. The van der Waals surface area contributed by atoms with Gasteiger partial charge in [0, 0.05) is 5.02 Å². The van der Waals surface area contributed by atoms with Crippen LogP contribution in [0.5, 0.6) is 5.75 Å². The van der Waals surface area contributed by atoms with Gasteiger partial charge in [-0.2, -0.15) is 0 Å². The Bertz CT molecular complexity index is 1140. The van der Waals surface area contributed by atoms with Gasteiger partial charge < -0.3 is 4.74 Å². The third-order valence-corrected chi connectivity index (χ3v) is 5.63. The number of carbonyl (C=O) groups excluding carboxylic acids is 2. The highest BCUT2D eigenvalue weighted by Gasteiger charge is 2.36. The van der Waals surface area contributed by atoms with Crippen LogP contribution in [0.2, 0.25) is 5.02 Å². The molecule has 30 heavy (non-hydrogen) atoms. The lowest BCUT2D eigenvalue weighted by Gasteiger charge is -2.12. The van der Waals surface area contributed by atoms with E-state index in [4.69, 9.17) is 16.3 Å². The first-order valence-corrected chi connectivity index (χ1v) is 10.5. The van der Waals surface area contributed by atoms with Gasteiger partial charge in [-0.3, -0.25) is 9.59 Å². The second-order valence-corrected chi connectivity index (χ2v) is 8.27. The van der Waals surface area contributed by atoms with Crippen molar-refractivity contribution in [3.05, 3.63) is 99.4 Å². The van der Waals surface area contributed by atoms with E-state index in [1.807, 2.05) is 49.4 Å². The molecule has 1 fully saturated rings. The number of halogens is 1. The lowest BCUT2D eigenvalue weighted by molar-refractivity contribution is -0.113. The van der Waals surface area contributed by atoms with Crippen molar-refractivity contribution >= 4 is 46.3 Å². The smallest absolute Gasteiger partial charge is 0.298 e. The van der Waals surface area contributed by atoms with Crippen LogP contribution in [0.1, 0.15) is 16.7 Å². The van der Waals surface area contributed by atoms with Crippen LogP contribution in [0, 0.1) is 6.92 Å². The van der Waals surface area contributed by atoms with Gasteiger partial charge in [0.25, 0.3) is 11.1 Å². The number of anilines is 1. The van der Waals surface area contributed by atoms with Crippen LogP contribution >= 0.6 is 23.4 Å². The van der Waals surface area contributed by atoms with Gasteiger partial charge in [0.1, 0.15) is 12.4 Å². The van der Waals surface area contributed by atoms with E-state index < -0.39 is 0 Å². The molecule has 0 aromatic heterocycles. The fraction of sp³-hybridized carbons (Fsp3) is 0.0833. The lowest BCUT2D eigenvalue weighted by Crippen LogP contribution is -2.27. The van der Waals surface area contributed by atoms with E-state index >= 15 is 0 Å². The van der Waals surface area contributed by atoms with Gasteiger partial charge in [-0.1, -0.05) is 59.6 Å². The number of hydrogen-bond donors (Lipinski definition) is 0. The van der Waals surface area contributed by atoms with E-state index in [9.17, 15) is 9.59 Å². The molecule has 0 spiro atoms. The fourth-order valence-electron chi connectivity index (χ4n) is 3.09. The molecule has 0 aliphatic carbocycles. The first kappa shape index (κ1) is 20.3. The van der Waals surface area contributed by atoms with Crippen LogP contribution in [-0.2, 0) is 11.4 Å². The Morgan fingerprint density at radius 1 is 1.00 bits per heavy atom. The molecule has 4 rings (SSSR count). The average molecular weight is 436 g/mol. The van der Waals surface area contributed by atoms with E-state index in [1.54, 1.807) is 30.3 Å². The van der Waals surface area contributed by atoms with Gasteiger partial charge in [0.05, 0.1) is 10.6 Å². The van der Waals surface area contributed by atoms with E-state index in [0.717, 1.165) is 33.5 Å². The monoisotopic (exact) mass is 435 g/mol. The summed E-state index contributed by atoms with van der Waals surface area (Å²) in [5.74, 6) is 0.382. The number of amides is 2. The molecule has 3 aromatic carbocycles. The molecule has 6 heteroatoms. The number of carbonyl (C=O) groups is 2. The zero-order valence-corrected chi connectivity index (χ0v) is 17.7. The number of hydrogen-bond acceptors (Lipinski definition) is 4. The summed E-state index contributed by atoms with van der Waals surface area (Å²) in [5.41, 5.74) is 3.58. The topological polar surface area (TPSA) is 46.6 Å². The minimum absolute atomic E-state index is 0.341. The summed E-state index contributed by atoms with van der Waals surface area (Å²) in [4.78, 5) is 26.6. The normalized spacial score (nSPS) is 15.1. The van der Waals surface area contributed by atoms with E-state index in [0.29, 0.717) is 22.2 Å². The maximum absolute atomic E-state index is 12.7. The van der Waals surface area contributed by atoms with E-state index in [1.165, 1.54) is 5.56 Å². The van der Waals surface area contributed by atoms with Gasteiger partial charge in [-0.25, -0.2) is 4.90 Å². The summed E-state index contributed by atoms with van der Waals surface area (Å²) in [7, 11) is 0. The van der Waals surface area contributed by atoms with Crippen molar-refractivity contribution in [1.82, 2.24) is 0 Å². The average Bonchev–Trinajstić information content (AvgIpc) is 3.00. The molecule has 1 aliphatic rings. The maximum atomic E-state index is 12.7. The van der Waals surface area contributed by atoms with Crippen molar-refractivity contribution in [2.45, 2.75) is 13.5 Å². The Morgan fingerprint density at radius 3 is 2.50 bits per heavy atom. The zero-order valence-electron chi connectivity index (χ0n) is 16.2. The molecule has 2 amide bonds. The Kier molecular flexibility index (Phi) is 5.93. The van der Waals surface area contributed by atoms with Gasteiger partial charge in [-0.15, -0.1) is 0 Å². The summed E-state index contributed by atoms with van der Waals surface area (Å²) in [5, 5.41) is 0.128. The van der Waals surface area contributed by atoms with Crippen LogP contribution in [0.25, 0.3) is 6.08 Å². The van der Waals surface area contributed by atoms with E-state index in [2.05, 4.69) is 6.07 Å². The molecule has 0 radical (unpaired) electrons. The molecule has 1 aliphatic heterocycles. The SMILES string of the molecule is Cc1cccc(COc2ccc(/C=C3/SC(=O)N(c4cccc(Cl)c4)C3=O)cc2)c1. The van der Waals surface area contributed by atoms with Crippen LogP contribution in [0.4, 0.5) is 10.5 Å². The van der Waals surface area contributed by atoms with Crippen molar-refractivity contribution in [1.29, 1.82) is 0 Å². The number of nitrogens with zero attached hydrogens (tertiary/aromatic N) is 1. The maximum Gasteiger partial charge on any atom is 0.298 e. The predicted octanol–water partition coefficient (Wildman–Crippen LogP) is 6.47. The molecule has 0 bridgehead atoms. The number of benzene rings is 3. The Balaban J connectivity index is 1.45. The zero-order chi connectivity index (χ0) is 21.1. The quantitative estimate of drug-likeness (QED) is 0.431.